The Balaban J connectivity index is 3.01. The van der Waals surface area contributed by atoms with E-state index in [-0.39, 0.29) is 6.42 Å². The molecule has 0 saturated heterocycles. The standard InChI is InChI=1S/C11H16NO6P/c1-18-10-3-2-7(5-9(12)11(13)14)4-8(10)6-19(15,16)17/h2-4,9H,5-6,12H2,1H3,(H,13,14)(H2,15,16,17). The lowest BCUT2D eigenvalue weighted by atomic mass is 10.0. The van der Waals surface area contributed by atoms with Gasteiger partial charge in [-0.15, -0.1) is 0 Å². The Morgan fingerprint density at radius 2 is 2.11 bits per heavy atom. The molecule has 1 rings (SSSR count). The number of benzene rings is 1. The van der Waals surface area contributed by atoms with Crippen LogP contribution in [0.15, 0.2) is 18.2 Å². The highest BCUT2D eigenvalue weighted by atomic mass is 31.2. The van der Waals surface area contributed by atoms with Crippen LogP contribution in [0.25, 0.3) is 0 Å². The first kappa shape index (κ1) is 15.7. The fourth-order valence-corrected chi connectivity index (χ4v) is 2.34. The van der Waals surface area contributed by atoms with E-state index >= 15 is 0 Å². The summed E-state index contributed by atoms with van der Waals surface area (Å²) in [5, 5.41) is 8.73. The second-order valence-electron chi connectivity index (χ2n) is 4.12. The maximum atomic E-state index is 11.0. The fourth-order valence-electron chi connectivity index (χ4n) is 1.65. The van der Waals surface area contributed by atoms with E-state index in [2.05, 4.69) is 0 Å². The van der Waals surface area contributed by atoms with Crippen molar-refractivity contribution in [3.63, 3.8) is 0 Å². The topological polar surface area (TPSA) is 130 Å². The lowest BCUT2D eigenvalue weighted by Crippen LogP contribution is -2.32. The second-order valence-corrected chi connectivity index (χ2v) is 5.76. The second kappa shape index (κ2) is 6.16. The van der Waals surface area contributed by atoms with Crippen LogP contribution in [0.4, 0.5) is 0 Å². The van der Waals surface area contributed by atoms with Crippen LogP contribution >= 0.6 is 7.60 Å². The van der Waals surface area contributed by atoms with E-state index in [9.17, 15) is 9.36 Å². The summed E-state index contributed by atoms with van der Waals surface area (Å²) in [5.41, 5.74) is 6.32. The molecule has 1 unspecified atom stereocenters. The Morgan fingerprint density at radius 1 is 1.47 bits per heavy atom. The number of ether oxygens (including phenoxy) is 1. The van der Waals surface area contributed by atoms with Crippen LogP contribution < -0.4 is 10.5 Å². The van der Waals surface area contributed by atoms with E-state index in [1.807, 2.05) is 0 Å². The minimum Gasteiger partial charge on any atom is -0.496 e. The van der Waals surface area contributed by atoms with Crippen molar-refractivity contribution in [3.05, 3.63) is 29.3 Å². The molecule has 0 saturated carbocycles. The highest BCUT2D eigenvalue weighted by molar-refractivity contribution is 7.50. The molecule has 1 aromatic carbocycles. The van der Waals surface area contributed by atoms with E-state index < -0.39 is 25.8 Å². The first-order valence-electron chi connectivity index (χ1n) is 5.41. The van der Waals surface area contributed by atoms with Gasteiger partial charge in [0.05, 0.1) is 13.3 Å². The molecular formula is C11H16NO6P. The van der Waals surface area contributed by atoms with Crippen LogP contribution in [0.5, 0.6) is 5.75 Å². The lowest BCUT2D eigenvalue weighted by molar-refractivity contribution is -0.138. The number of carboxylic acids is 1. The number of nitrogens with two attached hydrogens (primary N) is 1. The van der Waals surface area contributed by atoms with Crippen LogP contribution in [-0.4, -0.2) is 34.0 Å². The third kappa shape index (κ3) is 5.00. The average Bonchev–Trinajstić information content (AvgIpc) is 2.27. The Morgan fingerprint density at radius 3 is 2.58 bits per heavy atom. The van der Waals surface area contributed by atoms with Crippen LogP contribution in [0, 0.1) is 0 Å². The van der Waals surface area contributed by atoms with Crippen molar-refractivity contribution in [2.24, 2.45) is 5.73 Å². The number of hydrogen-bond donors (Lipinski definition) is 4. The lowest BCUT2D eigenvalue weighted by Gasteiger charge is -2.13. The largest absolute Gasteiger partial charge is 0.496 e. The molecule has 1 atom stereocenters. The van der Waals surface area contributed by atoms with Crippen molar-refractivity contribution in [1.29, 1.82) is 0 Å². The number of methoxy groups -OCH3 is 1. The molecule has 0 heterocycles. The number of hydrogen-bond acceptors (Lipinski definition) is 4. The first-order valence-corrected chi connectivity index (χ1v) is 7.21. The summed E-state index contributed by atoms with van der Waals surface area (Å²) in [6.45, 7) is 0. The molecule has 0 aliphatic rings. The smallest absolute Gasteiger partial charge is 0.330 e. The Bertz CT molecular complexity index is 512. The van der Waals surface area contributed by atoms with E-state index in [0.717, 1.165) is 0 Å². The van der Waals surface area contributed by atoms with Gasteiger partial charge in [-0.2, -0.15) is 0 Å². The highest BCUT2D eigenvalue weighted by Crippen LogP contribution is 2.41. The van der Waals surface area contributed by atoms with Crippen molar-refractivity contribution in [1.82, 2.24) is 0 Å². The molecule has 0 aliphatic carbocycles. The number of carbonyl (C=O) groups is 1. The van der Waals surface area contributed by atoms with Crippen molar-refractivity contribution < 1.29 is 29.0 Å². The zero-order valence-electron chi connectivity index (χ0n) is 10.3. The van der Waals surface area contributed by atoms with Crippen LogP contribution in [0.3, 0.4) is 0 Å². The van der Waals surface area contributed by atoms with Gasteiger partial charge in [0.15, 0.2) is 0 Å². The molecule has 8 heteroatoms. The van der Waals surface area contributed by atoms with Gasteiger partial charge in [-0.3, -0.25) is 9.36 Å². The van der Waals surface area contributed by atoms with E-state index in [0.29, 0.717) is 16.9 Å². The fraction of sp³-hybridized carbons (Fsp3) is 0.364. The minimum absolute atomic E-state index is 0.0769. The van der Waals surface area contributed by atoms with Crippen molar-refractivity contribution in [2.45, 2.75) is 18.6 Å². The predicted molar refractivity (Wildman–Crippen MR) is 68.1 cm³/mol. The van der Waals surface area contributed by atoms with Gasteiger partial charge in [0.25, 0.3) is 0 Å². The van der Waals surface area contributed by atoms with Crippen molar-refractivity contribution in [2.75, 3.05) is 7.11 Å². The molecule has 0 spiro atoms. The van der Waals surface area contributed by atoms with Crippen LogP contribution in [0.2, 0.25) is 0 Å². The van der Waals surface area contributed by atoms with Gasteiger partial charge in [0.1, 0.15) is 11.8 Å². The molecule has 5 N–H and O–H groups in total. The molecule has 0 aromatic heterocycles. The molecule has 0 amide bonds. The normalized spacial score (nSPS) is 13.1. The maximum Gasteiger partial charge on any atom is 0.330 e. The van der Waals surface area contributed by atoms with Crippen molar-refractivity contribution >= 4 is 13.6 Å². The van der Waals surface area contributed by atoms with Gasteiger partial charge in [-0.05, 0) is 18.1 Å². The summed E-state index contributed by atoms with van der Waals surface area (Å²) in [7, 11) is -2.84. The SMILES string of the molecule is COc1ccc(CC(N)C(=O)O)cc1CP(=O)(O)O. The molecular weight excluding hydrogens is 273 g/mol. The molecule has 106 valence electrons. The third-order valence-corrected chi connectivity index (χ3v) is 3.25. The maximum absolute atomic E-state index is 11.0. The summed E-state index contributed by atoms with van der Waals surface area (Å²) in [4.78, 5) is 28.6. The molecule has 0 radical (unpaired) electrons. The van der Waals surface area contributed by atoms with E-state index in [1.165, 1.54) is 19.2 Å². The van der Waals surface area contributed by atoms with Crippen LogP contribution in [-0.2, 0) is 21.9 Å². The van der Waals surface area contributed by atoms with Gasteiger partial charge >= 0.3 is 13.6 Å². The van der Waals surface area contributed by atoms with Gasteiger partial charge in [-0.1, -0.05) is 12.1 Å². The molecule has 0 aliphatic heterocycles. The van der Waals surface area contributed by atoms with Gasteiger partial charge in [-0.25, -0.2) is 0 Å². The Hall–Kier alpha value is -1.40. The Kier molecular flexibility index (Phi) is 5.08. The molecule has 7 nitrogen and oxygen atoms in total. The summed E-state index contributed by atoms with van der Waals surface area (Å²) in [5.74, 6) is -0.789. The van der Waals surface area contributed by atoms with Gasteiger partial charge in [0.2, 0.25) is 0 Å². The Labute approximate surface area is 110 Å². The first-order chi connectivity index (χ1) is 8.73. The summed E-state index contributed by atoms with van der Waals surface area (Å²) in [6.07, 6.45) is -0.389. The number of rotatable bonds is 6. The summed E-state index contributed by atoms with van der Waals surface area (Å²) in [6, 6.07) is 3.59. The van der Waals surface area contributed by atoms with Gasteiger partial charge < -0.3 is 25.4 Å². The number of aliphatic carboxylic acids is 1. The zero-order valence-corrected chi connectivity index (χ0v) is 11.2. The molecule has 19 heavy (non-hydrogen) atoms. The van der Waals surface area contributed by atoms with Gasteiger partial charge in [0, 0.05) is 5.56 Å². The predicted octanol–water partition coefficient (Wildman–Crippen LogP) is 0.327. The summed E-state index contributed by atoms with van der Waals surface area (Å²) >= 11 is 0. The minimum atomic E-state index is -4.23. The molecule has 0 bridgehead atoms. The van der Waals surface area contributed by atoms with Crippen molar-refractivity contribution in [3.8, 4) is 5.75 Å². The third-order valence-electron chi connectivity index (χ3n) is 2.49. The monoisotopic (exact) mass is 289 g/mol. The van der Waals surface area contributed by atoms with E-state index in [1.54, 1.807) is 6.07 Å². The average molecular weight is 289 g/mol. The zero-order chi connectivity index (χ0) is 14.6. The van der Waals surface area contributed by atoms with E-state index in [4.69, 9.17) is 25.4 Å². The number of carboxylic acid groups (broad SMARTS) is 1. The molecule has 0 fully saturated rings. The summed E-state index contributed by atoms with van der Waals surface area (Å²) < 4.78 is 16.0. The quantitative estimate of drug-likeness (QED) is 0.555. The highest BCUT2D eigenvalue weighted by Gasteiger charge is 2.19. The van der Waals surface area contributed by atoms with Crippen LogP contribution in [0.1, 0.15) is 11.1 Å². The molecule has 1 aromatic rings.